The molecule has 0 saturated heterocycles. The van der Waals surface area contributed by atoms with Gasteiger partial charge in [-0.05, 0) is 19.1 Å². The third-order valence-electron chi connectivity index (χ3n) is 1.79. The molecule has 0 fully saturated rings. The molecule has 0 bridgehead atoms. The fourth-order valence-corrected chi connectivity index (χ4v) is 1.19. The number of fused-ring (bicyclic) bond motifs is 1. The van der Waals surface area contributed by atoms with Crippen LogP contribution in [0.1, 0.15) is 5.69 Å². The molecule has 0 aromatic carbocycles. The second-order valence-corrected chi connectivity index (χ2v) is 2.52. The number of hydrogen-bond acceptors (Lipinski definition) is 1. The average molecular weight is 148 g/mol. The van der Waals surface area contributed by atoms with E-state index in [1.165, 1.54) is 0 Å². The SMILES string of the molecule is Cc1ccc2c(=O)[nH]ccn12. The lowest BCUT2D eigenvalue weighted by molar-refractivity contribution is 1.06. The summed E-state index contributed by atoms with van der Waals surface area (Å²) in [7, 11) is 0. The third-order valence-corrected chi connectivity index (χ3v) is 1.79. The van der Waals surface area contributed by atoms with Crippen LogP contribution in [0.4, 0.5) is 0 Å². The summed E-state index contributed by atoms with van der Waals surface area (Å²) < 4.78 is 1.86. The highest BCUT2D eigenvalue weighted by Gasteiger charge is 1.97. The summed E-state index contributed by atoms with van der Waals surface area (Å²) in [4.78, 5) is 13.7. The van der Waals surface area contributed by atoms with Crippen molar-refractivity contribution in [1.29, 1.82) is 0 Å². The van der Waals surface area contributed by atoms with E-state index in [-0.39, 0.29) is 5.56 Å². The minimum absolute atomic E-state index is 0.0411. The van der Waals surface area contributed by atoms with E-state index in [1.807, 2.05) is 29.7 Å². The number of aromatic amines is 1. The molecule has 2 heterocycles. The standard InChI is InChI=1S/C8H8N2O/c1-6-2-3-7-8(11)9-4-5-10(6)7/h2-5H,1H3,(H,9,11). The van der Waals surface area contributed by atoms with Crippen molar-refractivity contribution in [3.8, 4) is 0 Å². The van der Waals surface area contributed by atoms with Gasteiger partial charge in [-0.15, -0.1) is 0 Å². The van der Waals surface area contributed by atoms with Gasteiger partial charge in [0, 0.05) is 18.1 Å². The van der Waals surface area contributed by atoms with Crippen molar-refractivity contribution in [1.82, 2.24) is 9.38 Å². The summed E-state index contributed by atoms with van der Waals surface area (Å²) in [5, 5.41) is 0. The van der Waals surface area contributed by atoms with Crippen LogP contribution >= 0.6 is 0 Å². The van der Waals surface area contributed by atoms with Gasteiger partial charge in [0.15, 0.2) is 0 Å². The van der Waals surface area contributed by atoms with Crippen molar-refractivity contribution in [3.63, 3.8) is 0 Å². The molecule has 11 heavy (non-hydrogen) atoms. The van der Waals surface area contributed by atoms with E-state index in [0.29, 0.717) is 5.52 Å². The van der Waals surface area contributed by atoms with Crippen LogP contribution in [0.2, 0.25) is 0 Å². The van der Waals surface area contributed by atoms with Gasteiger partial charge in [-0.1, -0.05) is 0 Å². The van der Waals surface area contributed by atoms with Gasteiger partial charge in [0.2, 0.25) is 0 Å². The van der Waals surface area contributed by atoms with Crippen molar-refractivity contribution in [2.75, 3.05) is 0 Å². The minimum atomic E-state index is -0.0411. The van der Waals surface area contributed by atoms with Crippen LogP contribution in [0, 0.1) is 6.92 Å². The Morgan fingerprint density at radius 1 is 1.45 bits per heavy atom. The van der Waals surface area contributed by atoms with Gasteiger partial charge in [-0.3, -0.25) is 4.79 Å². The Labute approximate surface area is 63.3 Å². The molecule has 0 aliphatic carbocycles. The lowest BCUT2D eigenvalue weighted by Crippen LogP contribution is -2.07. The molecule has 0 atom stereocenters. The lowest BCUT2D eigenvalue weighted by atomic mass is 10.5. The molecule has 0 radical (unpaired) electrons. The van der Waals surface area contributed by atoms with Crippen LogP contribution in [0.15, 0.2) is 29.3 Å². The van der Waals surface area contributed by atoms with Gasteiger partial charge in [0.1, 0.15) is 5.52 Å². The summed E-state index contributed by atoms with van der Waals surface area (Å²) in [6, 6.07) is 3.73. The lowest BCUT2D eigenvalue weighted by Gasteiger charge is -1.93. The van der Waals surface area contributed by atoms with Crippen molar-refractivity contribution < 1.29 is 0 Å². The zero-order valence-corrected chi connectivity index (χ0v) is 6.16. The van der Waals surface area contributed by atoms with Crippen LogP contribution < -0.4 is 5.56 Å². The molecule has 3 nitrogen and oxygen atoms in total. The first-order valence-corrected chi connectivity index (χ1v) is 3.44. The topological polar surface area (TPSA) is 37.3 Å². The van der Waals surface area contributed by atoms with Crippen LogP contribution in [0.5, 0.6) is 0 Å². The van der Waals surface area contributed by atoms with E-state index in [4.69, 9.17) is 0 Å². The fraction of sp³-hybridized carbons (Fsp3) is 0.125. The number of rotatable bonds is 0. The van der Waals surface area contributed by atoms with Gasteiger partial charge in [-0.2, -0.15) is 0 Å². The maximum atomic E-state index is 11.1. The third kappa shape index (κ3) is 0.774. The van der Waals surface area contributed by atoms with Gasteiger partial charge in [0.05, 0.1) is 0 Å². The Morgan fingerprint density at radius 2 is 2.27 bits per heavy atom. The number of aryl methyl sites for hydroxylation is 1. The molecule has 0 spiro atoms. The van der Waals surface area contributed by atoms with E-state index in [0.717, 1.165) is 5.69 Å². The Bertz CT molecular complexity index is 439. The van der Waals surface area contributed by atoms with Crippen LogP contribution in [0.25, 0.3) is 5.52 Å². The highest BCUT2D eigenvalue weighted by atomic mass is 16.1. The number of hydrogen-bond donors (Lipinski definition) is 1. The average Bonchev–Trinajstić information content (AvgIpc) is 2.35. The van der Waals surface area contributed by atoms with E-state index in [9.17, 15) is 4.79 Å². The first-order valence-electron chi connectivity index (χ1n) is 3.44. The van der Waals surface area contributed by atoms with Crippen LogP contribution in [-0.4, -0.2) is 9.38 Å². The van der Waals surface area contributed by atoms with Crippen LogP contribution in [-0.2, 0) is 0 Å². The Balaban J connectivity index is 3.06. The molecule has 1 N–H and O–H groups in total. The number of nitrogens with one attached hydrogen (secondary N) is 1. The minimum Gasteiger partial charge on any atom is -0.326 e. The maximum absolute atomic E-state index is 11.1. The second kappa shape index (κ2) is 1.99. The summed E-state index contributed by atoms with van der Waals surface area (Å²) in [6.45, 7) is 1.96. The van der Waals surface area contributed by atoms with E-state index in [2.05, 4.69) is 4.98 Å². The molecule has 3 heteroatoms. The number of nitrogens with zero attached hydrogens (tertiary/aromatic N) is 1. The normalized spacial score (nSPS) is 10.6. The highest BCUT2D eigenvalue weighted by molar-refractivity contribution is 5.46. The molecule has 0 aliphatic rings. The molecule has 2 aromatic heterocycles. The second-order valence-electron chi connectivity index (χ2n) is 2.52. The largest absolute Gasteiger partial charge is 0.326 e. The van der Waals surface area contributed by atoms with Gasteiger partial charge in [0.25, 0.3) is 5.56 Å². The van der Waals surface area contributed by atoms with Crippen LogP contribution in [0.3, 0.4) is 0 Å². The number of H-pyrrole nitrogens is 1. The molecular weight excluding hydrogens is 140 g/mol. The van der Waals surface area contributed by atoms with Gasteiger partial charge >= 0.3 is 0 Å². The zero-order chi connectivity index (χ0) is 7.84. The monoisotopic (exact) mass is 148 g/mol. The van der Waals surface area contributed by atoms with E-state index in [1.54, 1.807) is 6.20 Å². The van der Waals surface area contributed by atoms with Crippen molar-refractivity contribution >= 4 is 5.52 Å². The quantitative estimate of drug-likeness (QED) is 0.593. The Hall–Kier alpha value is -1.51. The van der Waals surface area contributed by atoms with E-state index < -0.39 is 0 Å². The maximum Gasteiger partial charge on any atom is 0.272 e. The molecular formula is C8H8N2O. The summed E-state index contributed by atoms with van der Waals surface area (Å²) >= 11 is 0. The molecule has 0 aliphatic heterocycles. The fourth-order valence-electron chi connectivity index (χ4n) is 1.19. The summed E-state index contributed by atoms with van der Waals surface area (Å²) in [5.74, 6) is 0. The molecule has 2 rings (SSSR count). The van der Waals surface area contributed by atoms with Crippen molar-refractivity contribution in [3.05, 3.63) is 40.6 Å². The van der Waals surface area contributed by atoms with E-state index >= 15 is 0 Å². The van der Waals surface area contributed by atoms with Gasteiger partial charge < -0.3 is 9.38 Å². The summed E-state index contributed by atoms with van der Waals surface area (Å²) in [5.41, 5.74) is 1.73. The smallest absolute Gasteiger partial charge is 0.272 e. The molecule has 0 unspecified atom stereocenters. The zero-order valence-electron chi connectivity index (χ0n) is 6.16. The first-order chi connectivity index (χ1) is 5.29. The molecule has 0 saturated carbocycles. The predicted molar refractivity (Wildman–Crippen MR) is 42.8 cm³/mol. The molecule has 0 amide bonds. The predicted octanol–water partition coefficient (Wildman–Crippen LogP) is 0.936. The Kier molecular flexibility index (Phi) is 1.12. The van der Waals surface area contributed by atoms with Gasteiger partial charge in [-0.25, -0.2) is 0 Å². The first kappa shape index (κ1) is 6.22. The molecule has 2 aromatic rings. The number of aromatic nitrogens is 2. The van der Waals surface area contributed by atoms with Crippen molar-refractivity contribution in [2.45, 2.75) is 6.92 Å². The molecule has 56 valence electrons. The Morgan fingerprint density at radius 3 is 3.00 bits per heavy atom. The van der Waals surface area contributed by atoms with Crippen molar-refractivity contribution in [2.24, 2.45) is 0 Å². The highest BCUT2D eigenvalue weighted by Crippen LogP contribution is 2.02. The summed E-state index contributed by atoms with van der Waals surface area (Å²) in [6.07, 6.45) is 3.48.